The van der Waals surface area contributed by atoms with Gasteiger partial charge in [-0.05, 0) is 103 Å². The molecule has 9 unspecified atom stereocenters. The summed E-state index contributed by atoms with van der Waals surface area (Å²) in [6.45, 7) is 10.2. The molecule has 5 aliphatic carbocycles. The van der Waals surface area contributed by atoms with Crippen LogP contribution >= 0.6 is 0 Å². The largest absolute Gasteiger partial charge is 0.511 e. The second-order valence-electron chi connectivity index (χ2n) is 15.5. The third kappa shape index (κ3) is 6.44. The van der Waals surface area contributed by atoms with Gasteiger partial charge in [0.2, 0.25) is 5.91 Å². The number of halogens is 3. The molecular weight excluding hydrogens is 617 g/mol. The van der Waals surface area contributed by atoms with Gasteiger partial charge in [-0.2, -0.15) is 13.2 Å². The van der Waals surface area contributed by atoms with E-state index in [-0.39, 0.29) is 34.0 Å². The highest BCUT2D eigenvalue weighted by Crippen LogP contribution is 2.69. The monoisotopic (exact) mass is 666 g/mol. The van der Waals surface area contributed by atoms with E-state index in [0.29, 0.717) is 30.1 Å². The van der Waals surface area contributed by atoms with E-state index in [1.807, 2.05) is 30.3 Å². The number of alkyl halides is 3. The average Bonchev–Trinajstić information content (AvgIpc) is 2.96. The first-order valence-corrected chi connectivity index (χ1v) is 18.3. The van der Waals surface area contributed by atoms with Crippen molar-refractivity contribution in [1.29, 1.82) is 0 Å². The molecule has 46 heavy (non-hydrogen) atoms. The predicted octanol–water partition coefficient (Wildman–Crippen LogP) is 7.23. The normalized spacial score (nSPS) is 38.9. The number of nitrogens with two attached hydrogens (primary N) is 1. The van der Waals surface area contributed by atoms with E-state index in [4.69, 9.17) is 4.84 Å². The molecule has 0 aromatic heterocycles. The smallest absolute Gasteiger partial charge is 0.295 e. The van der Waals surface area contributed by atoms with Crippen molar-refractivity contribution in [2.75, 3.05) is 0 Å². The molecule has 0 radical (unpaired) electrons. The summed E-state index contributed by atoms with van der Waals surface area (Å²) in [5, 5.41) is 3.66. The molecule has 9 atom stereocenters. The van der Waals surface area contributed by atoms with Crippen LogP contribution in [-0.2, 0) is 31.1 Å². The highest BCUT2D eigenvalue weighted by Gasteiger charge is 2.64. The number of allylic oxidation sites excluding steroid dienone is 2. The van der Waals surface area contributed by atoms with Crippen LogP contribution in [0.15, 0.2) is 42.0 Å². The van der Waals surface area contributed by atoms with Crippen LogP contribution in [0.25, 0.3) is 0 Å². The summed E-state index contributed by atoms with van der Waals surface area (Å²) in [5.74, 6) is 2.71. The standard InChI is InChI=1S/C34H47NO3.CH2F3NO2S/c1-22-9-8-15-33(3)26(22)14-18-34(4)27-13-17-32(2)16-12-24(19-28(32)25(27)20-29(36)30(33)34)31(37)35-38-21-23-10-6-5-7-11-23;2-1(3,4)8(5,6)7/h5-7,10-11,20,22,24,26-28,30H,8-9,12-19,21H2,1-4H3,(H,35,37);(H2,5,6,7). The molecule has 0 bridgehead atoms. The summed E-state index contributed by atoms with van der Waals surface area (Å²) in [5.41, 5.74) is 0.266. The van der Waals surface area contributed by atoms with E-state index in [0.717, 1.165) is 30.7 Å². The quantitative estimate of drug-likeness (QED) is 0.329. The number of fused-ring (bicyclic) bond motifs is 7. The zero-order valence-corrected chi connectivity index (χ0v) is 28.2. The van der Waals surface area contributed by atoms with Gasteiger partial charge in [-0.3, -0.25) is 14.4 Å². The van der Waals surface area contributed by atoms with Crippen molar-refractivity contribution in [2.45, 2.75) is 104 Å². The maximum absolute atomic E-state index is 14.2. The Kier molecular flexibility index (Phi) is 9.65. The van der Waals surface area contributed by atoms with Gasteiger partial charge in [0.25, 0.3) is 0 Å². The average molecular weight is 667 g/mol. The number of primary sulfonamides is 1. The number of carbonyl (C=O) groups is 2. The number of amides is 1. The van der Waals surface area contributed by atoms with Crippen LogP contribution < -0.4 is 10.6 Å². The number of nitrogens with one attached hydrogen (secondary N) is 1. The van der Waals surface area contributed by atoms with Gasteiger partial charge >= 0.3 is 15.5 Å². The number of hydroxylamine groups is 1. The second-order valence-corrected chi connectivity index (χ2v) is 17.1. The molecule has 6 rings (SSSR count). The van der Waals surface area contributed by atoms with E-state index in [9.17, 15) is 31.2 Å². The number of sulfonamides is 1. The van der Waals surface area contributed by atoms with Crippen LogP contribution in [0, 0.1) is 51.8 Å². The van der Waals surface area contributed by atoms with Crippen LogP contribution in [0.3, 0.4) is 0 Å². The first-order valence-electron chi connectivity index (χ1n) is 16.7. The third-order valence-electron chi connectivity index (χ3n) is 12.8. The summed E-state index contributed by atoms with van der Waals surface area (Å²) in [6, 6.07) is 9.95. The summed E-state index contributed by atoms with van der Waals surface area (Å²) in [6.07, 6.45) is 13.6. The number of benzene rings is 1. The first-order chi connectivity index (χ1) is 21.4. The van der Waals surface area contributed by atoms with Gasteiger partial charge in [-0.15, -0.1) is 0 Å². The summed E-state index contributed by atoms with van der Waals surface area (Å²) in [4.78, 5) is 32.9. The zero-order chi connectivity index (χ0) is 33.7. The maximum Gasteiger partial charge on any atom is 0.511 e. The molecule has 4 saturated carbocycles. The lowest BCUT2D eigenvalue weighted by Crippen LogP contribution is -2.60. The third-order valence-corrected chi connectivity index (χ3v) is 13.4. The minimum Gasteiger partial charge on any atom is -0.295 e. The highest BCUT2D eigenvalue weighted by atomic mass is 32.2. The molecule has 256 valence electrons. The Morgan fingerprint density at radius 1 is 0.978 bits per heavy atom. The molecule has 4 fully saturated rings. The number of carbonyl (C=O) groups excluding carboxylic acids is 2. The Hall–Kier alpha value is -2.24. The lowest BCUT2D eigenvalue weighted by atomic mass is 9.39. The lowest BCUT2D eigenvalue weighted by Gasteiger charge is -2.65. The van der Waals surface area contributed by atoms with Crippen molar-refractivity contribution >= 4 is 21.7 Å². The van der Waals surface area contributed by atoms with Gasteiger partial charge in [0.15, 0.2) is 5.78 Å². The molecular formula is C35H49F3N2O5S. The predicted molar refractivity (Wildman–Crippen MR) is 169 cm³/mol. The van der Waals surface area contributed by atoms with Gasteiger partial charge in [-0.25, -0.2) is 19.0 Å². The Balaban J connectivity index is 0.000000463. The Morgan fingerprint density at radius 2 is 1.63 bits per heavy atom. The van der Waals surface area contributed by atoms with Crippen molar-refractivity contribution in [3.05, 3.63) is 47.5 Å². The fraction of sp³-hybridized carbons (Fsp3) is 0.714. The van der Waals surface area contributed by atoms with Crippen LogP contribution in [0.5, 0.6) is 0 Å². The van der Waals surface area contributed by atoms with Gasteiger partial charge in [0.1, 0.15) is 0 Å². The molecule has 0 saturated heterocycles. The van der Waals surface area contributed by atoms with Crippen molar-refractivity contribution in [3.8, 4) is 0 Å². The van der Waals surface area contributed by atoms with E-state index in [2.05, 4.69) is 44.4 Å². The summed E-state index contributed by atoms with van der Waals surface area (Å²) < 4.78 is 51.2. The van der Waals surface area contributed by atoms with E-state index in [1.54, 1.807) is 0 Å². The Morgan fingerprint density at radius 3 is 2.28 bits per heavy atom. The number of hydrogen-bond acceptors (Lipinski definition) is 5. The van der Waals surface area contributed by atoms with Crippen molar-refractivity contribution < 1.29 is 36.0 Å². The molecule has 1 aromatic carbocycles. The summed E-state index contributed by atoms with van der Waals surface area (Å²) in [7, 11) is -5.34. The highest BCUT2D eigenvalue weighted by molar-refractivity contribution is 7.90. The SMILES string of the molecule is CC1CCCC2(C)C1CCC1(C)C3CCC4(C)CCC(C(=O)NOCc5ccccc5)CC4C3=CC(=O)C12.NS(=O)(=O)C(F)(F)F. The molecule has 7 nitrogen and oxygen atoms in total. The number of ketones is 1. The topological polar surface area (TPSA) is 116 Å². The number of hydrogen-bond donors (Lipinski definition) is 2. The zero-order valence-electron chi connectivity index (χ0n) is 27.4. The molecule has 0 heterocycles. The van der Waals surface area contributed by atoms with E-state index < -0.39 is 15.5 Å². The van der Waals surface area contributed by atoms with Gasteiger partial charge in [-0.1, -0.05) is 76.4 Å². The lowest BCUT2D eigenvalue weighted by molar-refractivity contribution is -0.159. The fourth-order valence-electron chi connectivity index (χ4n) is 10.5. The van der Waals surface area contributed by atoms with Gasteiger partial charge < -0.3 is 0 Å². The minimum absolute atomic E-state index is 0.00106. The molecule has 0 spiro atoms. The molecule has 1 amide bonds. The maximum atomic E-state index is 14.2. The molecule has 1 aromatic rings. The van der Waals surface area contributed by atoms with Crippen molar-refractivity contribution in [3.63, 3.8) is 0 Å². The van der Waals surface area contributed by atoms with Crippen LogP contribution in [0.2, 0.25) is 0 Å². The van der Waals surface area contributed by atoms with Crippen molar-refractivity contribution in [2.24, 2.45) is 56.9 Å². The molecule has 11 heteroatoms. The molecule has 3 N–H and O–H groups in total. The van der Waals surface area contributed by atoms with Crippen LogP contribution in [0.1, 0.15) is 97.5 Å². The Labute approximate surface area is 271 Å². The van der Waals surface area contributed by atoms with Gasteiger partial charge in [0.05, 0.1) is 6.61 Å². The fourth-order valence-corrected chi connectivity index (χ4v) is 10.5. The van der Waals surface area contributed by atoms with Crippen LogP contribution in [0.4, 0.5) is 13.2 Å². The number of rotatable bonds is 4. The van der Waals surface area contributed by atoms with E-state index in [1.165, 1.54) is 50.5 Å². The molecule has 5 aliphatic rings. The summed E-state index contributed by atoms with van der Waals surface area (Å²) >= 11 is 0. The molecule has 0 aliphatic heterocycles. The van der Waals surface area contributed by atoms with Gasteiger partial charge in [0, 0.05) is 11.8 Å². The minimum atomic E-state index is -5.34. The van der Waals surface area contributed by atoms with Crippen LogP contribution in [-0.4, -0.2) is 25.6 Å². The van der Waals surface area contributed by atoms with Crippen molar-refractivity contribution in [1.82, 2.24) is 5.48 Å². The Bertz CT molecular complexity index is 1450. The second kappa shape index (κ2) is 12.7. The first kappa shape index (κ1) is 35.1. The van der Waals surface area contributed by atoms with E-state index >= 15 is 0 Å².